The second kappa shape index (κ2) is 5.64. The molecular formula is C10H12ClFN2O3S. The lowest BCUT2D eigenvalue weighted by Gasteiger charge is -2.10. The molecule has 1 amide bonds. The quantitative estimate of drug-likeness (QED) is 0.825. The summed E-state index contributed by atoms with van der Waals surface area (Å²) in [5, 5.41) is 0.0812. The zero-order chi connectivity index (χ0) is 13.9. The average Bonchev–Trinajstić information content (AvgIpc) is 2.25. The molecule has 18 heavy (non-hydrogen) atoms. The Morgan fingerprint density at radius 3 is 2.50 bits per heavy atom. The molecule has 0 aromatic heterocycles. The lowest BCUT2D eigenvalue weighted by atomic mass is 10.2. The summed E-state index contributed by atoms with van der Waals surface area (Å²) >= 11 is 5.51. The zero-order valence-corrected chi connectivity index (χ0v) is 11.3. The minimum atomic E-state index is -4.15. The molecule has 0 aliphatic rings. The van der Waals surface area contributed by atoms with Crippen LogP contribution in [0.5, 0.6) is 0 Å². The van der Waals surface area contributed by atoms with E-state index in [0.717, 1.165) is 12.1 Å². The number of carbonyl (C=O) groups excluding carboxylic acids is 1. The Hall–Kier alpha value is -1.18. The molecule has 0 saturated carbocycles. The standard InChI is InChI=1S/C10H12ClFN2O3S/c1-6(2)10(15)13-14-18(16,17)9-4-3-7(11)5-8(9)12/h3-6,14H,1-2H3,(H,13,15). The molecule has 0 atom stereocenters. The van der Waals surface area contributed by atoms with Gasteiger partial charge in [0.1, 0.15) is 10.7 Å². The number of amides is 1. The van der Waals surface area contributed by atoms with E-state index in [1.165, 1.54) is 6.07 Å². The van der Waals surface area contributed by atoms with Crippen molar-refractivity contribution < 1.29 is 17.6 Å². The van der Waals surface area contributed by atoms with Gasteiger partial charge >= 0.3 is 0 Å². The van der Waals surface area contributed by atoms with Crippen molar-refractivity contribution in [3.8, 4) is 0 Å². The van der Waals surface area contributed by atoms with Crippen LogP contribution in [0.4, 0.5) is 4.39 Å². The van der Waals surface area contributed by atoms with Crippen molar-refractivity contribution in [2.45, 2.75) is 18.7 Å². The van der Waals surface area contributed by atoms with Crippen LogP contribution in [-0.2, 0) is 14.8 Å². The highest BCUT2D eigenvalue weighted by Crippen LogP contribution is 2.18. The molecule has 5 nitrogen and oxygen atoms in total. The first-order chi connectivity index (χ1) is 8.24. The maximum atomic E-state index is 13.4. The third-order valence-electron chi connectivity index (χ3n) is 2.02. The molecule has 2 N–H and O–H groups in total. The van der Waals surface area contributed by atoms with E-state index in [4.69, 9.17) is 11.6 Å². The van der Waals surface area contributed by atoms with Crippen LogP contribution < -0.4 is 10.3 Å². The number of hydrogen-bond donors (Lipinski definition) is 2. The number of carbonyl (C=O) groups is 1. The predicted octanol–water partition coefficient (Wildman–Crippen LogP) is 1.44. The number of sulfonamides is 1. The fraction of sp³-hybridized carbons (Fsp3) is 0.300. The minimum Gasteiger partial charge on any atom is -0.277 e. The van der Waals surface area contributed by atoms with Crippen LogP contribution in [0.15, 0.2) is 23.1 Å². The maximum Gasteiger partial charge on any atom is 0.260 e. The normalized spacial score (nSPS) is 11.6. The van der Waals surface area contributed by atoms with Crippen LogP contribution in [0.3, 0.4) is 0 Å². The van der Waals surface area contributed by atoms with Crippen molar-refractivity contribution in [2.24, 2.45) is 5.92 Å². The highest BCUT2D eigenvalue weighted by Gasteiger charge is 2.20. The topological polar surface area (TPSA) is 75.3 Å². The number of rotatable bonds is 4. The second-order valence-electron chi connectivity index (χ2n) is 3.82. The first-order valence-corrected chi connectivity index (χ1v) is 6.87. The SMILES string of the molecule is CC(C)C(=O)NNS(=O)(=O)c1ccc(Cl)cc1F. The van der Waals surface area contributed by atoms with E-state index in [9.17, 15) is 17.6 Å². The zero-order valence-electron chi connectivity index (χ0n) is 9.70. The van der Waals surface area contributed by atoms with Crippen LogP contribution in [-0.4, -0.2) is 14.3 Å². The van der Waals surface area contributed by atoms with E-state index in [1.54, 1.807) is 18.7 Å². The van der Waals surface area contributed by atoms with E-state index in [2.05, 4.69) is 0 Å². The molecule has 0 spiro atoms. The van der Waals surface area contributed by atoms with Crippen molar-refractivity contribution in [1.82, 2.24) is 10.3 Å². The first kappa shape index (κ1) is 14.9. The fourth-order valence-electron chi connectivity index (χ4n) is 1.01. The average molecular weight is 295 g/mol. The summed E-state index contributed by atoms with van der Waals surface area (Å²) in [7, 11) is -4.15. The van der Waals surface area contributed by atoms with Gasteiger partial charge in [0, 0.05) is 10.9 Å². The summed E-state index contributed by atoms with van der Waals surface area (Å²) in [4.78, 5) is 12.4. The molecule has 1 aromatic rings. The Morgan fingerprint density at radius 1 is 1.39 bits per heavy atom. The fourth-order valence-corrected chi connectivity index (χ4v) is 2.08. The molecule has 100 valence electrons. The number of nitrogens with one attached hydrogen (secondary N) is 2. The molecule has 0 aliphatic carbocycles. The summed E-state index contributed by atoms with van der Waals surface area (Å²) in [6.07, 6.45) is 0. The van der Waals surface area contributed by atoms with Gasteiger partial charge in [-0.25, -0.2) is 12.8 Å². The number of hydrazine groups is 1. The third-order valence-corrected chi connectivity index (χ3v) is 3.53. The Balaban J connectivity index is 2.90. The smallest absolute Gasteiger partial charge is 0.260 e. The lowest BCUT2D eigenvalue weighted by Crippen LogP contribution is -2.43. The van der Waals surface area contributed by atoms with Crippen molar-refractivity contribution in [1.29, 1.82) is 0 Å². The number of benzene rings is 1. The Morgan fingerprint density at radius 2 is 2.00 bits per heavy atom. The van der Waals surface area contributed by atoms with Crippen molar-refractivity contribution in [2.75, 3.05) is 0 Å². The molecule has 0 radical (unpaired) electrons. The van der Waals surface area contributed by atoms with Gasteiger partial charge in [0.2, 0.25) is 5.91 Å². The molecule has 1 rings (SSSR count). The van der Waals surface area contributed by atoms with Crippen LogP contribution >= 0.6 is 11.6 Å². The summed E-state index contributed by atoms with van der Waals surface area (Å²) < 4.78 is 36.8. The number of halogens is 2. The van der Waals surface area contributed by atoms with E-state index in [1.807, 2.05) is 5.43 Å². The monoisotopic (exact) mass is 294 g/mol. The van der Waals surface area contributed by atoms with E-state index < -0.39 is 32.6 Å². The van der Waals surface area contributed by atoms with Gasteiger partial charge in [-0.15, -0.1) is 4.83 Å². The van der Waals surface area contributed by atoms with Crippen molar-refractivity contribution >= 4 is 27.5 Å². The molecule has 0 unspecified atom stereocenters. The predicted molar refractivity (Wildman–Crippen MR) is 64.7 cm³/mol. The molecule has 0 heterocycles. The van der Waals surface area contributed by atoms with Gasteiger partial charge in [-0.2, -0.15) is 0 Å². The van der Waals surface area contributed by atoms with Gasteiger partial charge in [0.15, 0.2) is 0 Å². The molecule has 8 heteroatoms. The Kier molecular flexibility index (Phi) is 4.66. The van der Waals surface area contributed by atoms with Crippen molar-refractivity contribution in [3.05, 3.63) is 29.0 Å². The first-order valence-electron chi connectivity index (χ1n) is 5.01. The highest BCUT2D eigenvalue weighted by molar-refractivity contribution is 7.89. The molecule has 0 fully saturated rings. The van der Waals surface area contributed by atoms with Crippen molar-refractivity contribution in [3.63, 3.8) is 0 Å². The van der Waals surface area contributed by atoms with E-state index in [0.29, 0.717) is 0 Å². The Bertz CT molecular complexity index is 560. The molecule has 0 bridgehead atoms. The molecular weight excluding hydrogens is 283 g/mol. The van der Waals surface area contributed by atoms with Crippen LogP contribution in [0.25, 0.3) is 0 Å². The van der Waals surface area contributed by atoms with Gasteiger partial charge in [-0.05, 0) is 18.2 Å². The van der Waals surface area contributed by atoms with Gasteiger partial charge in [0.05, 0.1) is 0 Å². The lowest BCUT2D eigenvalue weighted by molar-refractivity contribution is -0.124. The van der Waals surface area contributed by atoms with Gasteiger partial charge in [0.25, 0.3) is 10.0 Å². The van der Waals surface area contributed by atoms with Gasteiger partial charge in [-0.3, -0.25) is 10.2 Å². The van der Waals surface area contributed by atoms with E-state index in [-0.39, 0.29) is 5.02 Å². The summed E-state index contributed by atoms with van der Waals surface area (Å²) in [5.41, 5.74) is 1.99. The largest absolute Gasteiger partial charge is 0.277 e. The van der Waals surface area contributed by atoms with E-state index >= 15 is 0 Å². The molecule has 1 aromatic carbocycles. The Labute approximate surface area is 109 Å². The molecule has 0 saturated heterocycles. The van der Waals surface area contributed by atoms with Crippen LogP contribution in [0, 0.1) is 11.7 Å². The maximum absolute atomic E-state index is 13.4. The summed E-state index contributed by atoms with van der Waals surface area (Å²) in [6.45, 7) is 3.18. The highest BCUT2D eigenvalue weighted by atomic mass is 35.5. The number of hydrogen-bond acceptors (Lipinski definition) is 3. The van der Waals surface area contributed by atoms with Gasteiger partial charge in [-0.1, -0.05) is 25.4 Å². The second-order valence-corrected chi connectivity index (χ2v) is 5.91. The third kappa shape index (κ3) is 3.66. The summed E-state index contributed by atoms with van der Waals surface area (Å²) in [5.74, 6) is -1.91. The van der Waals surface area contributed by atoms with Crippen LogP contribution in [0.2, 0.25) is 5.02 Å². The summed E-state index contributed by atoms with van der Waals surface area (Å²) in [6, 6.07) is 3.13. The van der Waals surface area contributed by atoms with Gasteiger partial charge < -0.3 is 0 Å². The van der Waals surface area contributed by atoms with Crippen LogP contribution in [0.1, 0.15) is 13.8 Å². The minimum absolute atomic E-state index is 0.0812. The molecule has 0 aliphatic heterocycles.